The molecule has 0 N–H and O–H groups in total. The van der Waals surface area contributed by atoms with Crippen molar-refractivity contribution in [2.75, 3.05) is 46.6 Å². The van der Waals surface area contributed by atoms with Crippen LogP contribution in [0, 0.1) is 0 Å². The summed E-state index contributed by atoms with van der Waals surface area (Å²) in [5, 5.41) is 0. The summed E-state index contributed by atoms with van der Waals surface area (Å²) in [4.78, 5) is 2.39. The van der Waals surface area contributed by atoms with Crippen LogP contribution in [0.15, 0.2) is 0 Å². The fraction of sp³-hybridized carbons (Fsp3) is 1.00. The summed E-state index contributed by atoms with van der Waals surface area (Å²) >= 11 is 0. The van der Waals surface area contributed by atoms with Crippen molar-refractivity contribution in [2.24, 2.45) is 0 Å². The van der Waals surface area contributed by atoms with Crippen LogP contribution in [0.2, 0.25) is 0 Å². The van der Waals surface area contributed by atoms with Crippen molar-refractivity contribution < 1.29 is 9.47 Å². The lowest BCUT2D eigenvalue weighted by Gasteiger charge is -2.17. The first-order chi connectivity index (χ1) is 5.43. The van der Waals surface area contributed by atoms with Crippen molar-refractivity contribution in [3.63, 3.8) is 0 Å². The molecule has 1 saturated heterocycles. The van der Waals surface area contributed by atoms with Gasteiger partial charge in [-0.3, -0.25) is 4.90 Å². The molecule has 0 aromatic rings. The normalized spacial score (nSPS) is 21.5. The van der Waals surface area contributed by atoms with Crippen molar-refractivity contribution >= 4 is 0 Å². The Bertz CT molecular complexity index is 90.1. The van der Waals surface area contributed by atoms with Crippen molar-refractivity contribution in [1.29, 1.82) is 0 Å². The van der Waals surface area contributed by atoms with Gasteiger partial charge in [-0.1, -0.05) is 0 Å². The van der Waals surface area contributed by atoms with E-state index >= 15 is 0 Å². The Labute approximate surface area is 68.3 Å². The lowest BCUT2D eigenvalue weighted by Crippen LogP contribution is -2.29. The molecule has 0 aromatic carbocycles. The summed E-state index contributed by atoms with van der Waals surface area (Å²) in [7, 11) is 1.74. The van der Waals surface area contributed by atoms with Crippen LogP contribution in [-0.2, 0) is 9.47 Å². The van der Waals surface area contributed by atoms with Gasteiger partial charge in [0.2, 0.25) is 0 Å². The van der Waals surface area contributed by atoms with Gasteiger partial charge >= 0.3 is 0 Å². The predicted molar refractivity (Wildman–Crippen MR) is 43.8 cm³/mol. The molecule has 0 unspecified atom stereocenters. The highest BCUT2D eigenvalue weighted by molar-refractivity contribution is 4.59. The minimum Gasteiger partial charge on any atom is -0.383 e. The largest absolute Gasteiger partial charge is 0.383 e. The van der Waals surface area contributed by atoms with Gasteiger partial charge < -0.3 is 9.47 Å². The molecule has 0 amide bonds. The van der Waals surface area contributed by atoms with Gasteiger partial charge in [-0.05, 0) is 6.42 Å². The second-order valence-corrected chi connectivity index (χ2v) is 2.80. The van der Waals surface area contributed by atoms with Gasteiger partial charge in [-0.25, -0.2) is 0 Å². The Morgan fingerprint density at radius 2 is 2.27 bits per heavy atom. The highest BCUT2D eigenvalue weighted by Crippen LogP contribution is 1.97. The number of methoxy groups -OCH3 is 1. The molecule has 66 valence electrons. The Morgan fingerprint density at radius 3 is 3.09 bits per heavy atom. The smallest absolute Gasteiger partial charge is 0.0593 e. The van der Waals surface area contributed by atoms with E-state index in [1.807, 2.05) is 0 Å². The third-order valence-electron chi connectivity index (χ3n) is 1.93. The molecule has 0 spiro atoms. The van der Waals surface area contributed by atoms with E-state index in [0.717, 1.165) is 45.9 Å². The number of ether oxygens (including phenoxy) is 2. The fourth-order valence-corrected chi connectivity index (χ4v) is 1.24. The lowest BCUT2D eigenvalue weighted by molar-refractivity contribution is 0.126. The van der Waals surface area contributed by atoms with E-state index in [1.165, 1.54) is 0 Å². The first-order valence-electron chi connectivity index (χ1n) is 4.22. The van der Waals surface area contributed by atoms with E-state index in [-0.39, 0.29) is 0 Å². The molecule has 1 fully saturated rings. The first-order valence-corrected chi connectivity index (χ1v) is 4.22. The molecule has 0 bridgehead atoms. The van der Waals surface area contributed by atoms with Gasteiger partial charge in [0.25, 0.3) is 0 Å². The van der Waals surface area contributed by atoms with Crippen LogP contribution < -0.4 is 0 Å². The highest BCUT2D eigenvalue weighted by atomic mass is 16.5. The standard InChI is InChI=1S/C8H17NO2/c1-10-7-4-9-3-2-6-11-8-5-9/h2-8H2,1H3. The maximum Gasteiger partial charge on any atom is 0.0593 e. The van der Waals surface area contributed by atoms with Gasteiger partial charge in [-0.2, -0.15) is 0 Å². The number of rotatable bonds is 3. The molecular formula is C8H17NO2. The molecule has 0 saturated carbocycles. The van der Waals surface area contributed by atoms with Crippen LogP contribution in [0.4, 0.5) is 0 Å². The van der Waals surface area contributed by atoms with E-state index in [0.29, 0.717) is 0 Å². The molecule has 0 aromatic heterocycles. The van der Waals surface area contributed by atoms with E-state index < -0.39 is 0 Å². The van der Waals surface area contributed by atoms with E-state index in [9.17, 15) is 0 Å². The maximum atomic E-state index is 5.32. The topological polar surface area (TPSA) is 21.7 Å². The van der Waals surface area contributed by atoms with Gasteiger partial charge in [0.1, 0.15) is 0 Å². The molecule has 1 aliphatic rings. The summed E-state index contributed by atoms with van der Waals surface area (Å²) in [6.45, 7) is 5.89. The van der Waals surface area contributed by atoms with Crippen LogP contribution >= 0.6 is 0 Å². The van der Waals surface area contributed by atoms with Crippen LogP contribution in [0.25, 0.3) is 0 Å². The van der Waals surface area contributed by atoms with Crippen LogP contribution in [0.3, 0.4) is 0 Å². The predicted octanol–water partition coefficient (Wildman–Crippen LogP) is 0.355. The van der Waals surface area contributed by atoms with Crippen molar-refractivity contribution in [2.45, 2.75) is 6.42 Å². The monoisotopic (exact) mass is 159 g/mol. The molecule has 0 aliphatic carbocycles. The minimum atomic E-state index is 0.833. The Morgan fingerprint density at radius 1 is 1.36 bits per heavy atom. The number of hydrogen-bond donors (Lipinski definition) is 0. The maximum absolute atomic E-state index is 5.32. The zero-order chi connectivity index (χ0) is 7.94. The lowest BCUT2D eigenvalue weighted by atomic mass is 10.4. The van der Waals surface area contributed by atoms with Crippen LogP contribution in [0.1, 0.15) is 6.42 Å². The first kappa shape index (κ1) is 8.97. The van der Waals surface area contributed by atoms with Crippen molar-refractivity contribution in [1.82, 2.24) is 4.90 Å². The Hall–Kier alpha value is -0.120. The summed E-state index contributed by atoms with van der Waals surface area (Å²) in [6.07, 6.45) is 1.16. The second kappa shape index (κ2) is 5.52. The zero-order valence-corrected chi connectivity index (χ0v) is 7.21. The average Bonchev–Trinajstić information content (AvgIpc) is 2.28. The third-order valence-corrected chi connectivity index (χ3v) is 1.93. The summed E-state index contributed by atoms with van der Waals surface area (Å²) in [5.74, 6) is 0. The summed E-state index contributed by atoms with van der Waals surface area (Å²) in [5.41, 5.74) is 0. The van der Waals surface area contributed by atoms with Gasteiger partial charge in [0.05, 0.1) is 13.2 Å². The summed E-state index contributed by atoms with van der Waals surface area (Å²) in [6, 6.07) is 0. The van der Waals surface area contributed by atoms with Crippen LogP contribution in [0.5, 0.6) is 0 Å². The van der Waals surface area contributed by atoms with E-state index in [2.05, 4.69) is 4.90 Å². The molecule has 11 heavy (non-hydrogen) atoms. The SMILES string of the molecule is COCCN1CCCOCC1. The minimum absolute atomic E-state index is 0.833. The number of hydrogen-bond acceptors (Lipinski definition) is 3. The van der Waals surface area contributed by atoms with Crippen LogP contribution in [-0.4, -0.2) is 51.5 Å². The highest BCUT2D eigenvalue weighted by Gasteiger charge is 2.07. The van der Waals surface area contributed by atoms with Gasteiger partial charge in [0, 0.05) is 33.4 Å². The molecule has 0 atom stereocenters. The molecule has 1 aliphatic heterocycles. The van der Waals surface area contributed by atoms with E-state index in [1.54, 1.807) is 7.11 Å². The molecule has 1 heterocycles. The molecule has 3 heteroatoms. The van der Waals surface area contributed by atoms with Crippen molar-refractivity contribution in [3.05, 3.63) is 0 Å². The number of nitrogens with zero attached hydrogens (tertiary/aromatic N) is 1. The molecular weight excluding hydrogens is 142 g/mol. The Balaban J connectivity index is 2.09. The van der Waals surface area contributed by atoms with Gasteiger partial charge in [-0.15, -0.1) is 0 Å². The quantitative estimate of drug-likeness (QED) is 0.593. The third kappa shape index (κ3) is 3.70. The zero-order valence-electron chi connectivity index (χ0n) is 7.21. The molecule has 1 rings (SSSR count). The Kier molecular flexibility index (Phi) is 4.50. The fourth-order valence-electron chi connectivity index (χ4n) is 1.24. The van der Waals surface area contributed by atoms with E-state index in [4.69, 9.17) is 9.47 Å². The average molecular weight is 159 g/mol. The van der Waals surface area contributed by atoms with Gasteiger partial charge in [0.15, 0.2) is 0 Å². The second-order valence-electron chi connectivity index (χ2n) is 2.80. The molecule has 0 radical (unpaired) electrons. The molecule has 3 nitrogen and oxygen atoms in total. The van der Waals surface area contributed by atoms with Crippen molar-refractivity contribution in [3.8, 4) is 0 Å². The summed E-state index contributed by atoms with van der Waals surface area (Å²) < 4.78 is 10.3.